The molecule has 0 saturated carbocycles. The Morgan fingerprint density at radius 3 is 0.757 bits per heavy atom. The van der Waals surface area contributed by atoms with E-state index in [1.165, 1.54) is 38.5 Å². The Morgan fingerprint density at radius 2 is 0.568 bits per heavy atom. The van der Waals surface area contributed by atoms with E-state index in [4.69, 9.17) is 20.4 Å². The minimum absolute atomic E-state index is 0.221. The van der Waals surface area contributed by atoms with E-state index in [2.05, 4.69) is 27.7 Å². The fourth-order valence-electron chi connectivity index (χ4n) is 3.45. The van der Waals surface area contributed by atoms with E-state index >= 15 is 0 Å². The molecule has 0 aromatic heterocycles. The van der Waals surface area contributed by atoms with Crippen LogP contribution in [-0.2, 0) is 19.2 Å². The van der Waals surface area contributed by atoms with E-state index < -0.39 is 23.9 Å². The van der Waals surface area contributed by atoms with Crippen LogP contribution >= 0.6 is 0 Å². The van der Waals surface area contributed by atoms with E-state index in [1.54, 1.807) is 0 Å². The molecule has 8 nitrogen and oxygen atoms in total. The molecule has 0 spiro atoms. The molecule has 4 N–H and O–H groups in total. The third kappa shape index (κ3) is 51.4. The maximum atomic E-state index is 10.1. The average Bonchev–Trinajstić information content (AvgIpc) is 2.77. The van der Waals surface area contributed by atoms with Crippen molar-refractivity contribution < 1.29 is 39.6 Å². The second-order valence-electron chi connectivity index (χ2n) is 10.5. The van der Waals surface area contributed by atoms with Gasteiger partial charge in [-0.25, -0.2) is 0 Å². The number of carboxylic acid groups (broad SMARTS) is 4. The SMILES string of the molecule is CC(C)CCCCCCC(=O)O.CC(C)CCCCCCC(=O)O.O=C(O)CCCCCCCC(=O)O. The zero-order chi connectivity index (χ0) is 28.9. The highest BCUT2D eigenvalue weighted by Gasteiger charge is 1.99. The summed E-state index contributed by atoms with van der Waals surface area (Å²) in [6.45, 7) is 8.88. The Kier molecular flexibility index (Phi) is 32.1. The summed E-state index contributed by atoms with van der Waals surface area (Å²) < 4.78 is 0. The minimum atomic E-state index is -0.759. The van der Waals surface area contributed by atoms with Crippen molar-refractivity contribution in [2.75, 3.05) is 0 Å². The van der Waals surface area contributed by atoms with Crippen LogP contribution in [0.1, 0.15) is 150 Å². The summed E-state index contributed by atoms with van der Waals surface area (Å²) in [4.78, 5) is 40.5. The Morgan fingerprint density at radius 1 is 0.378 bits per heavy atom. The zero-order valence-electron chi connectivity index (χ0n) is 24.0. The molecule has 220 valence electrons. The van der Waals surface area contributed by atoms with Crippen molar-refractivity contribution in [3.05, 3.63) is 0 Å². The van der Waals surface area contributed by atoms with E-state index in [0.717, 1.165) is 56.8 Å². The summed E-state index contributed by atoms with van der Waals surface area (Å²) in [7, 11) is 0. The van der Waals surface area contributed by atoms with Gasteiger partial charge in [-0.1, -0.05) is 98.3 Å². The third-order valence-corrected chi connectivity index (χ3v) is 5.63. The maximum absolute atomic E-state index is 10.1. The summed E-state index contributed by atoms with van der Waals surface area (Å²) in [5, 5.41) is 33.3. The maximum Gasteiger partial charge on any atom is 0.303 e. The van der Waals surface area contributed by atoms with Gasteiger partial charge in [-0.05, 0) is 37.5 Å². The Bertz CT molecular complexity index is 510. The summed E-state index contributed by atoms with van der Waals surface area (Å²) in [6, 6.07) is 0. The van der Waals surface area contributed by atoms with Crippen LogP contribution in [0.25, 0.3) is 0 Å². The Labute approximate surface area is 225 Å². The van der Waals surface area contributed by atoms with Crippen LogP contribution in [-0.4, -0.2) is 44.3 Å². The molecule has 0 aromatic carbocycles. The number of aliphatic carboxylic acids is 4. The standard InChI is InChI=1S/2C10H20O2.C9H16O4/c2*1-9(2)7-5-3-4-6-8-10(11)12;10-8(11)6-4-2-1-3-5-7-9(12)13/h2*9H,3-8H2,1-2H3,(H,11,12);1-7H2,(H,10,11)(H,12,13). The number of carboxylic acids is 4. The van der Waals surface area contributed by atoms with Crippen LogP contribution in [0, 0.1) is 11.8 Å². The van der Waals surface area contributed by atoms with Crippen LogP contribution in [0.2, 0.25) is 0 Å². The van der Waals surface area contributed by atoms with E-state index in [9.17, 15) is 19.2 Å². The second kappa shape index (κ2) is 30.1. The number of hydrogen-bond acceptors (Lipinski definition) is 4. The van der Waals surface area contributed by atoms with Gasteiger partial charge in [0.1, 0.15) is 0 Å². The number of carbonyl (C=O) groups is 4. The van der Waals surface area contributed by atoms with Crippen molar-refractivity contribution in [2.45, 2.75) is 150 Å². The van der Waals surface area contributed by atoms with Crippen LogP contribution in [0.3, 0.4) is 0 Å². The van der Waals surface area contributed by atoms with Gasteiger partial charge in [-0.2, -0.15) is 0 Å². The van der Waals surface area contributed by atoms with E-state index in [-0.39, 0.29) is 12.8 Å². The van der Waals surface area contributed by atoms with Gasteiger partial charge in [-0.3, -0.25) is 19.2 Å². The molecule has 8 heteroatoms. The van der Waals surface area contributed by atoms with Crippen LogP contribution in [0.4, 0.5) is 0 Å². The molecule has 0 fully saturated rings. The molecule has 0 aliphatic carbocycles. The molecule has 0 atom stereocenters. The normalized spacial score (nSPS) is 10.3. The lowest BCUT2D eigenvalue weighted by atomic mass is 10.0. The molecular weight excluding hydrogens is 476 g/mol. The lowest BCUT2D eigenvalue weighted by molar-refractivity contribution is -0.138. The fraction of sp³-hybridized carbons (Fsp3) is 0.862. The molecule has 0 aromatic rings. The molecule has 0 saturated heterocycles. The third-order valence-electron chi connectivity index (χ3n) is 5.63. The quantitative estimate of drug-likeness (QED) is 0.102. The highest BCUT2D eigenvalue weighted by Crippen LogP contribution is 2.11. The lowest BCUT2D eigenvalue weighted by Crippen LogP contribution is -1.95. The Balaban J connectivity index is -0.000000469. The largest absolute Gasteiger partial charge is 0.481 e. The predicted octanol–water partition coefficient (Wildman–Crippen LogP) is 8.02. The van der Waals surface area contributed by atoms with Gasteiger partial charge in [0, 0.05) is 25.7 Å². The molecule has 0 unspecified atom stereocenters. The van der Waals surface area contributed by atoms with E-state index in [1.807, 2.05) is 0 Å². The molecule has 0 aliphatic rings. The predicted molar refractivity (Wildman–Crippen MR) is 148 cm³/mol. The summed E-state index contributed by atoms with van der Waals surface area (Å²) in [5.74, 6) is -1.29. The monoisotopic (exact) mass is 532 g/mol. The molecule has 0 bridgehead atoms. The van der Waals surface area contributed by atoms with Gasteiger partial charge in [0.25, 0.3) is 0 Å². The smallest absolute Gasteiger partial charge is 0.303 e. The highest BCUT2D eigenvalue weighted by molar-refractivity contribution is 5.67. The summed E-state index contributed by atoms with van der Waals surface area (Å²) in [6.07, 6.45) is 16.4. The van der Waals surface area contributed by atoms with Gasteiger partial charge in [0.05, 0.1) is 0 Å². The lowest BCUT2D eigenvalue weighted by Gasteiger charge is -2.02. The second-order valence-corrected chi connectivity index (χ2v) is 10.5. The molecule has 37 heavy (non-hydrogen) atoms. The molecule has 0 rings (SSSR count). The summed E-state index contributed by atoms with van der Waals surface area (Å²) in [5.41, 5.74) is 0. The van der Waals surface area contributed by atoms with Crippen molar-refractivity contribution >= 4 is 23.9 Å². The zero-order valence-corrected chi connectivity index (χ0v) is 24.0. The Hall–Kier alpha value is -2.12. The van der Waals surface area contributed by atoms with E-state index in [0.29, 0.717) is 25.7 Å². The van der Waals surface area contributed by atoms with Gasteiger partial charge >= 0.3 is 23.9 Å². The highest BCUT2D eigenvalue weighted by atomic mass is 16.4. The topological polar surface area (TPSA) is 149 Å². The minimum Gasteiger partial charge on any atom is -0.481 e. The number of rotatable bonds is 22. The van der Waals surface area contributed by atoms with Gasteiger partial charge in [0.2, 0.25) is 0 Å². The first-order valence-corrected chi connectivity index (χ1v) is 14.3. The van der Waals surface area contributed by atoms with Crippen molar-refractivity contribution in [2.24, 2.45) is 11.8 Å². The first-order valence-electron chi connectivity index (χ1n) is 14.3. The number of hydrogen-bond donors (Lipinski definition) is 4. The molecule has 0 radical (unpaired) electrons. The average molecular weight is 533 g/mol. The molecule has 0 aliphatic heterocycles. The molecular formula is C29H56O8. The molecule has 0 heterocycles. The van der Waals surface area contributed by atoms with Crippen molar-refractivity contribution in [1.82, 2.24) is 0 Å². The van der Waals surface area contributed by atoms with Crippen LogP contribution in [0.5, 0.6) is 0 Å². The van der Waals surface area contributed by atoms with Crippen molar-refractivity contribution in [1.29, 1.82) is 0 Å². The molecule has 0 amide bonds. The number of unbranched alkanes of at least 4 members (excludes halogenated alkanes) is 10. The van der Waals surface area contributed by atoms with Crippen molar-refractivity contribution in [3.8, 4) is 0 Å². The van der Waals surface area contributed by atoms with Crippen molar-refractivity contribution in [3.63, 3.8) is 0 Å². The van der Waals surface area contributed by atoms with Crippen LogP contribution < -0.4 is 0 Å². The fourth-order valence-corrected chi connectivity index (χ4v) is 3.45. The van der Waals surface area contributed by atoms with Gasteiger partial charge < -0.3 is 20.4 Å². The van der Waals surface area contributed by atoms with Crippen LogP contribution in [0.15, 0.2) is 0 Å². The summed E-state index contributed by atoms with van der Waals surface area (Å²) >= 11 is 0. The van der Waals surface area contributed by atoms with Gasteiger partial charge in [-0.15, -0.1) is 0 Å². The first kappa shape index (κ1) is 39.4. The first-order chi connectivity index (χ1) is 17.4. The van der Waals surface area contributed by atoms with Gasteiger partial charge in [0.15, 0.2) is 0 Å².